The van der Waals surface area contributed by atoms with Gasteiger partial charge in [-0.15, -0.1) is 0 Å². The molecule has 2 atom stereocenters. The standard InChI is InChI=1S/C11H20N2O2S/c1-7-5-8(9(12)16)13(6-7)10(14)15-11(2,3)4/h7-8H,5-6H2,1-4H3,(H2,12,16)/t7-,8-/m0/s1. The number of thiocarbonyl (C=S) groups is 1. The molecule has 2 N–H and O–H groups in total. The Morgan fingerprint density at radius 1 is 1.50 bits per heavy atom. The molecule has 1 fully saturated rings. The van der Waals surface area contributed by atoms with Crippen LogP contribution in [-0.4, -0.2) is 34.2 Å². The first-order valence-electron chi connectivity index (χ1n) is 5.49. The Morgan fingerprint density at radius 3 is 2.50 bits per heavy atom. The summed E-state index contributed by atoms with van der Waals surface area (Å²) in [6.45, 7) is 8.28. The molecule has 5 heteroatoms. The second kappa shape index (κ2) is 4.57. The molecule has 1 rings (SSSR count). The molecule has 0 aromatic rings. The number of carbonyl (C=O) groups excluding carboxylic acids is 1. The number of hydrogen-bond donors (Lipinski definition) is 1. The first-order chi connectivity index (χ1) is 7.20. The highest BCUT2D eigenvalue weighted by Gasteiger charge is 2.37. The van der Waals surface area contributed by atoms with Crippen LogP contribution in [0.15, 0.2) is 0 Å². The maximum absolute atomic E-state index is 11.9. The molecule has 92 valence electrons. The van der Waals surface area contributed by atoms with Gasteiger partial charge in [0.2, 0.25) is 0 Å². The van der Waals surface area contributed by atoms with Gasteiger partial charge in [0.25, 0.3) is 0 Å². The van der Waals surface area contributed by atoms with Gasteiger partial charge in [-0.25, -0.2) is 4.79 Å². The number of ether oxygens (including phenoxy) is 1. The van der Waals surface area contributed by atoms with Crippen molar-refractivity contribution < 1.29 is 9.53 Å². The van der Waals surface area contributed by atoms with E-state index in [4.69, 9.17) is 22.7 Å². The quantitative estimate of drug-likeness (QED) is 0.716. The van der Waals surface area contributed by atoms with E-state index < -0.39 is 5.60 Å². The Balaban J connectivity index is 2.71. The van der Waals surface area contributed by atoms with Gasteiger partial charge >= 0.3 is 6.09 Å². The Bertz CT molecular complexity index is 299. The third-order valence-electron chi connectivity index (χ3n) is 2.47. The van der Waals surface area contributed by atoms with Crippen molar-refractivity contribution in [3.05, 3.63) is 0 Å². The predicted molar refractivity (Wildman–Crippen MR) is 67.3 cm³/mol. The Hall–Kier alpha value is -0.840. The molecule has 0 aliphatic carbocycles. The average molecular weight is 244 g/mol. The van der Waals surface area contributed by atoms with E-state index in [0.29, 0.717) is 17.5 Å². The predicted octanol–water partition coefficient (Wildman–Crippen LogP) is 1.92. The molecule has 0 aromatic heterocycles. The summed E-state index contributed by atoms with van der Waals surface area (Å²) >= 11 is 4.97. The van der Waals surface area contributed by atoms with E-state index >= 15 is 0 Å². The molecule has 1 amide bonds. The molecule has 0 spiro atoms. The summed E-state index contributed by atoms with van der Waals surface area (Å²) in [5.74, 6) is 0.416. The summed E-state index contributed by atoms with van der Waals surface area (Å²) in [5, 5.41) is 0. The zero-order chi connectivity index (χ0) is 12.5. The number of rotatable bonds is 1. The number of nitrogens with two attached hydrogens (primary N) is 1. The number of nitrogens with zero attached hydrogens (tertiary/aromatic N) is 1. The summed E-state index contributed by atoms with van der Waals surface area (Å²) in [7, 11) is 0. The van der Waals surface area contributed by atoms with Crippen molar-refractivity contribution in [3.8, 4) is 0 Å². The van der Waals surface area contributed by atoms with Gasteiger partial charge in [0.1, 0.15) is 5.60 Å². The molecule has 1 aliphatic heterocycles. The maximum Gasteiger partial charge on any atom is 0.410 e. The van der Waals surface area contributed by atoms with Crippen molar-refractivity contribution >= 4 is 23.3 Å². The van der Waals surface area contributed by atoms with Gasteiger partial charge < -0.3 is 10.5 Å². The smallest absolute Gasteiger partial charge is 0.410 e. The molecular weight excluding hydrogens is 224 g/mol. The normalized spacial score (nSPS) is 25.6. The van der Waals surface area contributed by atoms with Gasteiger partial charge in [-0.2, -0.15) is 0 Å². The SMILES string of the molecule is C[C@H]1C[C@@H](C(N)=S)N(C(=O)OC(C)(C)C)C1. The van der Waals surface area contributed by atoms with Gasteiger partial charge in [-0.3, -0.25) is 4.90 Å². The van der Waals surface area contributed by atoms with E-state index in [-0.39, 0.29) is 12.1 Å². The van der Waals surface area contributed by atoms with Crippen molar-refractivity contribution in [2.24, 2.45) is 11.7 Å². The second-order valence-electron chi connectivity index (χ2n) is 5.39. The van der Waals surface area contributed by atoms with Crippen LogP contribution in [0.5, 0.6) is 0 Å². The zero-order valence-corrected chi connectivity index (χ0v) is 11.1. The third kappa shape index (κ3) is 3.33. The van der Waals surface area contributed by atoms with Gasteiger partial charge in [0, 0.05) is 6.54 Å². The molecule has 16 heavy (non-hydrogen) atoms. The summed E-state index contributed by atoms with van der Waals surface area (Å²) in [6, 6.07) is -0.153. The monoisotopic (exact) mass is 244 g/mol. The average Bonchev–Trinajstić information content (AvgIpc) is 2.44. The molecule has 0 bridgehead atoms. The molecule has 0 saturated carbocycles. The van der Waals surface area contributed by atoms with Crippen molar-refractivity contribution in [1.29, 1.82) is 0 Å². The number of hydrogen-bond acceptors (Lipinski definition) is 3. The van der Waals surface area contributed by atoms with Crippen LogP contribution in [-0.2, 0) is 4.74 Å². The molecule has 0 radical (unpaired) electrons. The van der Waals surface area contributed by atoms with Gasteiger partial charge in [0.05, 0.1) is 11.0 Å². The summed E-state index contributed by atoms with van der Waals surface area (Å²) < 4.78 is 5.32. The van der Waals surface area contributed by atoms with Crippen LogP contribution in [0.1, 0.15) is 34.1 Å². The lowest BCUT2D eigenvalue weighted by molar-refractivity contribution is 0.0261. The summed E-state index contributed by atoms with van der Waals surface area (Å²) in [4.78, 5) is 13.9. The highest BCUT2D eigenvalue weighted by atomic mass is 32.1. The molecule has 1 heterocycles. The van der Waals surface area contributed by atoms with Crippen molar-refractivity contribution in [2.45, 2.75) is 45.8 Å². The minimum absolute atomic E-state index is 0.153. The van der Waals surface area contributed by atoms with Crippen molar-refractivity contribution in [1.82, 2.24) is 4.90 Å². The largest absolute Gasteiger partial charge is 0.444 e. The van der Waals surface area contributed by atoms with Crippen LogP contribution in [0, 0.1) is 5.92 Å². The van der Waals surface area contributed by atoms with Crippen LogP contribution in [0.3, 0.4) is 0 Å². The van der Waals surface area contributed by atoms with Crippen LogP contribution in [0.25, 0.3) is 0 Å². The minimum Gasteiger partial charge on any atom is -0.444 e. The fourth-order valence-corrected chi connectivity index (χ4v) is 2.06. The second-order valence-corrected chi connectivity index (χ2v) is 5.86. The lowest BCUT2D eigenvalue weighted by atomic mass is 10.1. The van der Waals surface area contributed by atoms with Crippen LogP contribution in [0.2, 0.25) is 0 Å². The molecule has 0 unspecified atom stereocenters. The zero-order valence-electron chi connectivity index (χ0n) is 10.3. The van der Waals surface area contributed by atoms with E-state index in [1.807, 2.05) is 20.8 Å². The van der Waals surface area contributed by atoms with E-state index in [2.05, 4.69) is 6.92 Å². The van der Waals surface area contributed by atoms with Crippen LogP contribution in [0.4, 0.5) is 4.79 Å². The van der Waals surface area contributed by atoms with E-state index in [0.717, 1.165) is 6.42 Å². The van der Waals surface area contributed by atoms with E-state index in [1.54, 1.807) is 4.90 Å². The highest BCUT2D eigenvalue weighted by molar-refractivity contribution is 7.80. The molecular formula is C11H20N2O2S. The molecule has 4 nitrogen and oxygen atoms in total. The minimum atomic E-state index is -0.482. The first kappa shape index (κ1) is 13.2. The highest BCUT2D eigenvalue weighted by Crippen LogP contribution is 2.25. The van der Waals surface area contributed by atoms with Gasteiger partial charge in [0.15, 0.2) is 0 Å². The molecule has 0 aromatic carbocycles. The van der Waals surface area contributed by atoms with E-state index in [1.165, 1.54) is 0 Å². The first-order valence-corrected chi connectivity index (χ1v) is 5.90. The van der Waals surface area contributed by atoms with Crippen LogP contribution >= 0.6 is 12.2 Å². The summed E-state index contributed by atoms with van der Waals surface area (Å²) in [6.07, 6.45) is 0.504. The van der Waals surface area contributed by atoms with Crippen LogP contribution < -0.4 is 5.73 Å². The fraction of sp³-hybridized carbons (Fsp3) is 0.818. The van der Waals surface area contributed by atoms with Crippen molar-refractivity contribution in [3.63, 3.8) is 0 Å². The van der Waals surface area contributed by atoms with Gasteiger partial charge in [-0.1, -0.05) is 19.1 Å². The Morgan fingerprint density at radius 2 is 2.06 bits per heavy atom. The van der Waals surface area contributed by atoms with Gasteiger partial charge in [-0.05, 0) is 33.1 Å². The Labute approximate surface area is 102 Å². The third-order valence-corrected chi connectivity index (χ3v) is 2.74. The topological polar surface area (TPSA) is 55.6 Å². The maximum atomic E-state index is 11.9. The Kier molecular flexibility index (Phi) is 3.78. The lowest BCUT2D eigenvalue weighted by Crippen LogP contribution is -2.45. The molecule has 1 saturated heterocycles. The number of amides is 1. The molecule has 1 aliphatic rings. The fourth-order valence-electron chi connectivity index (χ4n) is 1.84. The lowest BCUT2D eigenvalue weighted by Gasteiger charge is -2.28. The summed E-state index contributed by atoms with van der Waals surface area (Å²) in [5.41, 5.74) is 5.15. The number of carbonyl (C=O) groups is 1. The van der Waals surface area contributed by atoms with E-state index in [9.17, 15) is 4.79 Å². The number of likely N-dealkylation sites (tertiary alicyclic amines) is 1. The van der Waals surface area contributed by atoms with Crippen molar-refractivity contribution in [2.75, 3.05) is 6.54 Å².